The van der Waals surface area contributed by atoms with Gasteiger partial charge in [0, 0.05) is 31.7 Å². The molecule has 1 aliphatic heterocycles. The fourth-order valence-electron chi connectivity index (χ4n) is 2.33. The van der Waals surface area contributed by atoms with Crippen LogP contribution >= 0.6 is 0 Å². The monoisotopic (exact) mass is 314 g/mol. The molecule has 0 atom stereocenters. The Hall–Kier alpha value is -1.47. The molecule has 0 bridgehead atoms. The number of nitrogens with zero attached hydrogens (tertiary/aromatic N) is 2. The highest BCUT2D eigenvalue weighted by atomic mass is 32.2. The number of hydrogen-bond donors (Lipinski definition) is 0. The van der Waals surface area contributed by atoms with Gasteiger partial charge < -0.3 is 4.90 Å². The maximum atomic E-state index is 12.8. The van der Waals surface area contributed by atoms with E-state index in [4.69, 9.17) is 0 Å². The molecule has 0 unspecified atom stereocenters. The summed E-state index contributed by atoms with van der Waals surface area (Å²) in [7, 11) is -3.21. The molecule has 1 heterocycles. The standard InChI is InChI=1S/C14H19FN2O3S/c1-2-11-21(19,20)17-9-7-16(8-10-17)14(18)12-3-5-13(15)6-4-12/h3-6H,2,7-11H2,1H3. The molecule has 0 aromatic heterocycles. The SMILES string of the molecule is CCCS(=O)(=O)N1CCN(C(=O)c2ccc(F)cc2)CC1. The number of rotatable bonds is 4. The van der Waals surface area contributed by atoms with E-state index in [1.807, 2.05) is 6.92 Å². The van der Waals surface area contributed by atoms with Crippen molar-refractivity contribution >= 4 is 15.9 Å². The molecule has 116 valence electrons. The van der Waals surface area contributed by atoms with Crippen molar-refractivity contribution in [2.24, 2.45) is 0 Å². The number of benzene rings is 1. The van der Waals surface area contributed by atoms with E-state index in [0.29, 0.717) is 38.2 Å². The third kappa shape index (κ3) is 3.79. The van der Waals surface area contributed by atoms with Crippen LogP contribution in [0.15, 0.2) is 24.3 Å². The van der Waals surface area contributed by atoms with E-state index in [2.05, 4.69) is 0 Å². The molecule has 1 aromatic carbocycles. The fraction of sp³-hybridized carbons (Fsp3) is 0.500. The molecule has 0 spiro atoms. The molecular formula is C14H19FN2O3S. The summed E-state index contributed by atoms with van der Waals surface area (Å²) in [5.41, 5.74) is 0.418. The molecule has 0 radical (unpaired) electrons. The second-order valence-corrected chi connectivity index (χ2v) is 7.10. The van der Waals surface area contributed by atoms with Crippen LogP contribution in [0.3, 0.4) is 0 Å². The summed E-state index contributed by atoms with van der Waals surface area (Å²) in [4.78, 5) is 13.8. The average molecular weight is 314 g/mol. The maximum absolute atomic E-state index is 12.8. The third-order valence-electron chi connectivity index (χ3n) is 3.47. The second-order valence-electron chi connectivity index (χ2n) is 5.01. The lowest BCUT2D eigenvalue weighted by atomic mass is 10.2. The summed E-state index contributed by atoms with van der Waals surface area (Å²) in [5.74, 6) is -0.441. The lowest BCUT2D eigenvalue weighted by Crippen LogP contribution is -2.51. The van der Waals surface area contributed by atoms with Gasteiger partial charge in [0.05, 0.1) is 5.75 Å². The van der Waals surface area contributed by atoms with Crippen LogP contribution in [0.25, 0.3) is 0 Å². The zero-order valence-corrected chi connectivity index (χ0v) is 12.8. The molecule has 1 aliphatic rings. The highest BCUT2D eigenvalue weighted by Gasteiger charge is 2.28. The van der Waals surface area contributed by atoms with Crippen LogP contribution in [0, 0.1) is 5.82 Å². The number of carbonyl (C=O) groups excluding carboxylic acids is 1. The predicted octanol–water partition coefficient (Wildman–Crippen LogP) is 1.32. The van der Waals surface area contributed by atoms with Crippen LogP contribution in [-0.4, -0.2) is 55.5 Å². The Labute approximate surface area is 124 Å². The molecule has 0 aliphatic carbocycles. The molecule has 1 fully saturated rings. The van der Waals surface area contributed by atoms with Gasteiger partial charge in [0.15, 0.2) is 0 Å². The number of sulfonamides is 1. The minimum Gasteiger partial charge on any atom is -0.336 e. The molecule has 2 rings (SSSR count). The summed E-state index contributed by atoms with van der Waals surface area (Å²) in [6.45, 7) is 3.18. The normalized spacial score (nSPS) is 17.0. The Kier molecular flexibility index (Phi) is 4.95. The van der Waals surface area contributed by atoms with Crippen molar-refractivity contribution in [3.8, 4) is 0 Å². The van der Waals surface area contributed by atoms with Gasteiger partial charge in [-0.05, 0) is 30.7 Å². The minimum atomic E-state index is -3.21. The Morgan fingerprint density at radius 3 is 2.24 bits per heavy atom. The zero-order valence-electron chi connectivity index (χ0n) is 12.0. The summed E-state index contributed by atoms with van der Waals surface area (Å²) < 4.78 is 38.2. The highest BCUT2D eigenvalue weighted by molar-refractivity contribution is 7.89. The molecular weight excluding hydrogens is 295 g/mol. The van der Waals surface area contributed by atoms with Crippen LogP contribution in [0.5, 0.6) is 0 Å². The summed E-state index contributed by atoms with van der Waals surface area (Å²) in [5, 5.41) is 0. The minimum absolute atomic E-state index is 0.138. The molecule has 0 N–H and O–H groups in total. The first kappa shape index (κ1) is 15.9. The van der Waals surface area contributed by atoms with Crippen molar-refractivity contribution in [1.82, 2.24) is 9.21 Å². The molecule has 5 nitrogen and oxygen atoms in total. The van der Waals surface area contributed by atoms with Crippen LogP contribution < -0.4 is 0 Å². The number of amides is 1. The summed E-state index contributed by atoms with van der Waals surface area (Å²) >= 11 is 0. The maximum Gasteiger partial charge on any atom is 0.253 e. The third-order valence-corrected chi connectivity index (χ3v) is 5.55. The average Bonchev–Trinajstić information content (AvgIpc) is 2.47. The molecule has 1 amide bonds. The first-order valence-corrected chi connectivity index (χ1v) is 8.57. The van der Waals surface area contributed by atoms with Crippen molar-refractivity contribution in [2.45, 2.75) is 13.3 Å². The molecule has 1 aromatic rings. The van der Waals surface area contributed by atoms with Crippen LogP contribution in [0.1, 0.15) is 23.7 Å². The van der Waals surface area contributed by atoms with E-state index >= 15 is 0 Å². The molecule has 21 heavy (non-hydrogen) atoms. The highest BCUT2D eigenvalue weighted by Crippen LogP contribution is 2.13. The zero-order chi connectivity index (χ0) is 15.5. The van der Waals surface area contributed by atoms with Crippen molar-refractivity contribution in [3.05, 3.63) is 35.6 Å². The van der Waals surface area contributed by atoms with Gasteiger partial charge in [0.25, 0.3) is 5.91 Å². The van der Waals surface area contributed by atoms with Gasteiger partial charge in [-0.25, -0.2) is 12.8 Å². The van der Waals surface area contributed by atoms with E-state index in [1.165, 1.54) is 28.6 Å². The Morgan fingerprint density at radius 1 is 1.14 bits per heavy atom. The molecule has 1 saturated heterocycles. The Bertz CT molecular complexity index is 593. The topological polar surface area (TPSA) is 57.7 Å². The van der Waals surface area contributed by atoms with Crippen molar-refractivity contribution < 1.29 is 17.6 Å². The van der Waals surface area contributed by atoms with Crippen LogP contribution in [0.2, 0.25) is 0 Å². The fourth-order valence-corrected chi connectivity index (χ4v) is 3.83. The van der Waals surface area contributed by atoms with Gasteiger partial charge in [-0.2, -0.15) is 4.31 Å². The van der Waals surface area contributed by atoms with Gasteiger partial charge in [-0.3, -0.25) is 4.79 Å². The number of hydrogen-bond acceptors (Lipinski definition) is 3. The van der Waals surface area contributed by atoms with E-state index < -0.39 is 10.0 Å². The predicted molar refractivity (Wildman–Crippen MR) is 78.0 cm³/mol. The van der Waals surface area contributed by atoms with E-state index in [-0.39, 0.29) is 17.5 Å². The Morgan fingerprint density at radius 2 is 1.71 bits per heavy atom. The van der Waals surface area contributed by atoms with Gasteiger partial charge in [0.2, 0.25) is 10.0 Å². The second kappa shape index (κ2) is 6.53. The van der Waals surface area contributed by atoms with Gasteiger partial charge >= 0.3 is 0 Å². The summed E-state index contributed by atoms with van der Waals surface area (Å²) in [6.07, 6.45) is 0.580. The summed E-state index contributed by atoms with van der Waals surface area (Å²) in [6, 6.07) is 5.38. The van der Waals surface area contributed by atoms with E-state index in [9.17, 15) is 17.6 Å². The van der Waals surface area contributed by atoms with E-state index in [1.54, 1.807) is 4.90 Å². The first-order valence-electron chi connectivity index (χ1n) is 6.96. The van der Waals surface area contributed by atoms with Crippen molar-refractivity contribution in [1.29, 1.82) is 0 Å². The van der Waals surface area contributed by atoms with E-state index in [0.717, 1.165) is 0 Å². The van der Waals surface area contributed by atoms with Gasteiger partial charge in [-0.1, -0.05) is 6.92 Å². The van der Waals surface area contributed by atoms with Gasteiger partial charge in [-0.15, -0.1) is 0 Å². The van der Waals surface area contributed by atoms with Gasteiger partial charge in [0.1, 0.15) is 5.82 Å². The largest absolute Gasteiger partial charge is 0.336 e. The lowest BCUT2D eigenvalue weighted by molar-refractivity contribution is 0.0698. The van der Waals surface area contributed by atoms with Crippen molar-refractivity contribution in [2.75, 3.05) is 31.9 Å². The molecule has 0 saturated carbocycles. The first-order chi connectivity index (χ1) is 9.94. The van der Waals surface area contributed by atoms with Crippen LogP contribution in [-0.2, 0) is 10.0 Å². The smallest absolute Gasteiger partial charge is 0.253 e. The quantitative estimate of drug-likeness (QED) is 0.842. The Balaban J connectivity index is 1.98. The number of carbonyl (C=O) groups is 1. The molecule has 7 heteroatoms. The van der Waals surface area contributed by atoms with Crippen molar-refractivity contribution in [3.63, 3.8) is 0 Å². The number of halogens is 1. The number of piperazine rings is 1. The van der Waals surface area contributed by atoms with Crippen LogP contribution in [0.4, 0.5) is 4.39 Å². The lowest BCUT2D eigenvalue weighted by Gasteiger charge is -2.34.